The lowest BCUT2D eigenvalue weighted by molar-refractivity contribution is -0.164. The number of hydrogen-bond acceptors (Lipinski definition) is 4. The van der Waals surface area contributed by atoms with Gasteiger partial charge < -0.3 is 14.5 Å². The van der Waals surface area contributed by atoms with Crippen molar-refractivity contribution < 1.29 is 14.3 Å². The third-order valence-corrected chi connectivity index (χ3v) is 7.17. The number of ether oxygens (including phenoxy) is 2. The van der Waals surface area contributed by atoms with E-state index in [4.69, 9.17) is 9.47 Å². The number of carbonyl (C=O) groups excluding carboxylic acids is 1. The lowest BCUT2D eigenvalue weighted by Gasteiger charge is -2.50. The summed E-state index contributed by atoms with van der Waals surface area (Å²) in [6.07, 6.45) is 4.25. The van der Waals surface area contributed by atoms with E-state index in [0.29, 0.717) is 11.8 Å². The molecule has 5 nitrogen and oxygen atoms in total. The molecule has 2 aromatic rings. The zero-order chi connectivity index (χ0) is 18.8. The SMILES string of the molecule is CC[C@H]1C[C@H]2CN3CCc4c([nH]c5ccc(OC)cc45)[C@@]3(C2)[C@@H]1OC(C)=O. The maximum Gasteiger partial charge on any atom is 0.302 e. The Kier molecular flexibility index (Phi) is 3.80. The number of aromatic amines is 1. The van der Waals surface area contributed by atoms with Crippen molar-refractivity contribution in [2.45, 2.75) is 51.2 Å². The molecule has 1 saturated heterocycles. The van der Waals surface area contributed by atoms with Crippen molar-refractivity contribution in [3.8, 4) is 5.75 Å². The van der Waals surface area contributed by atoms with E-state index in [1.165, 1.54) is 16.6 Å². The van der Waals surface area contributed by atoms with Crippen LogP contribution in [0.15, 0.2) is 18.2 Å². The molecule has 2 aliphatic heterocycles. The monoisotopic (exact) mass is 368 g/mol. The van der Waals surface area contributed by atoms with Gasteiger partial charge in [-0.25, -0.2) is 0 Å². The van der Waals surface area contributed by atoms with Gasteiger partial charge in [0.15, 0.2) is 0 Å². The van der Waals surface area contributed by atoms with E-state index in [1.54, 1.807) is 14.0 Å². The topological polar surface area (TPSA) is 54.6 Å². The van der Waals surface area contributed by atoms with E-state index in [-0.39, 0.29) is 17.6 Å². The Hall–Kier alpha value is -2.01. The predicted octanol–water partition coefficient (Wildman–Crippen LogP) is 3.61. The van der Waals surface area contributed by atoms with Gasteiger partial charge in [0.2, 0.25) is 0 Å². The summed E-state index contributed by atoms with van der Waals surface area (Å²) in [4.78, 5) is 18.4. The van der Waals surface area contributed by atoms with Crippen LogP contribution in [-0.2, 0) is 21.5 Å². The summed E-state index contributed by atoms with van der Waals surface area (Å²) in [5, 5.41) is 1.25. The molecule has 2 bridgehead atoms. The van der Waals surface area contributed by atoms with E-state index in [2.05, 4.69) is 28.9 Å². The van der Waals surface area contributed by atoms with Crippen molar-refractivity contribution in [2.24, 2.45) is 11.8 Å². The number of carbonyl (C=O) groups is 1. The van der Waals surface area contributed by atoms with Crippen LogP contribution in [0.25, 0.3) is 10.9 Å². The lowest BCUT2D eigenvalue weighted by Crippen LogP contribution is -2.58. The molecule has 144 valence electrons. The van der Waals surface area contributed by atoms with Crippen LogP contribution < -0.4 is 4.74 Å². The third kappa shape index (κ3) is 2.30. The first-order chi connectivity index (χ1) is 13.1. The van der Waals surface area contributed by atoms with Gasteiger partial charge in [-0.1, -0.05) is 6.92 Å². The molecule has 5 rings (SSSR count). The Bertz CT molecular complexity index is 904. The molecular weight excluding hydrogens is 340 g/mol. The van der Waals surface area contributed by atoms with Crippen LogP contribution in [0.4, 0.5) is 0 Å². The highest BCUT2D eigenvalue weighted by Gasteiger charge is 2.61. The first kappa shape index (κ1) is 17.1. The fraction of sp³-hybridized carbons (Fsp3) is 0.591. The van der Waals surface area contributed by atoms with Gasteiger partial charge in [0, 0.05) is 36.6 Å². The maximum atomic E-state index is 12.0. The number of H-pyrrole nitrogens is 1. The van der Waals surface area contributed by atoms with Gasteiger partial charge in [0.1, 0.15) is 11.9 Å². The molecule has 1 aromatic carbocycles. The van der Waals surface area contributed by atoms with Crippen LogP contribution in [0, 0.1) is 11.8 Å². The van der Waals surface area contributed by atoms with E-state index < -0.39 is 0 Å². The smallest absolute Gasteiger partial charge is 0.302 e. The summed E-state index contributed by atoms with van der Waals surface area (Å²) in [6.45, 7) is 5.93. The number of aromatic nitrogens is 1. The Morgan fingerprint density at radius 2 is 2.26 bits per heavy atom. The van der Waals surface area contributed by atoms with Crippen molar-refractivity contribution >= 4 is 16.9 Å². The standard InChI is InChI=1S/C22H28N2O3/c1-4-15-9-14-11-22(21(15)27-13(2)25)20-17(7-8-24(22)12-14)18-10-16(26-3)5-6-19(18)23-20/h5-6,10,14-15,21,23H,4,7-9,11-12H2,1-3H3/t14-,15+,21-,22+/m1/s1. The molecule has 3 aliphatic rings. The number of nitrogens with zero attached hydrogens (tertiary/aromatic N) is 1. The van der Waals surface area contributed by atoms with Crippen molar-refractivity contribution in [2.75, 3.05) is 20.2 Å². The average Bonchev–Trinajstić information content (AvgIpc) is 3.19. The van der Waals surface area contributed by atoms with E-state index in [9.17, 15) is 4.79 Å². The van der Waals surface area contributed by atoms with Gasteiger partial charge >= 0.3 is 5.97 Å². The average molecular weight is 368 g/mol. The summed E-state index contributed by atoms with van der Waals surface area (Å²) in [5.74, 6) is 1.83. The molecule has 0 amide bonds. The fourth-order valence-electron chi connectivity index (χ4n) is 6.18. The van der Waals surface area contributed by atoms with E-state index in [1.807, 2.05) is 6.07 Å². The van der Waals surface area contributed by atoms with Crippen LogP contribution in [0.3, 0.4) is 0 Å². The van der Waals surface area contributed by atoms with Crippen molar-refractivity contribution in [1.29, 1.82) is 0 Å². The van der Waals surface area contributed by atoms with Gasteiger partial charge in [-0.15, -0.1) is 0 Å². The molecule has 1 aliphatic carbocycles. The molecule has 3 heterocycles. The number of hydrogen-bond donors (Lipinski definition) is 1. The highest BCUT2D eigenvalue weighted by atomic mass is 16.5. The van der Waals surface area contributed by atoms with Crippen molar-refractivity contribution in [3.63, 3.8) is 0 Å². The van der Waals surface area contributed by atoms with Gasteiger partial charge in [-0.3, -0.25) is 9.69 Å². The van der Waals surface area contributed by atoms with Gasteiger partial charge in [-0.05, 0) is 61.3 Å². The van der Waals surface area contributed by atoms with Crippen LogP contribution in [-0.4, -0.2) is 42.2 Å². The minimum Gasteiger partial charge on any atom is -0.497 e. The molecule has 0 radical (unpaired) electrons. The lowest BCUT2D eigenvalue weighted by atomic mass is 9.67. The van der Waals surface area contributed by atoms with Crippen LogP contribution in [0.2, 0.25) is 0 Å². The minimum absolute atomic E-state index is 0.0762. The molecule has 1 N–H and O–H groups in total. The second kappa shape index (κ2) is 5.99. The quantitative estimate of drug-likeness (QED) is 0.841. The molecule has 2 fully saturated rings. The van der Waals surface area contributed by atoms with E-state index in [0.717, 1.165) is 50.0 Å². The highest BCUT2D eigenvalue weighted by Crippen LogP contribution is 2.57. The first-order valence-corrected chi connectivity index (χ1v) is 10.2. The fourth-order valence-corrected chi connectivity index (χ4v) is 6.18. The molecule has 1 saturated carbocycles. The summed E-state index contributed by atoms with van der Waals surface area (Å²) in [6, 6.07) is 6.27. The minimum atomic E-state index is -0.199. The Morgan fingerprint density at radius 3 is 3.00 bits per heavy atom. The largest absolute Gasteiger partial charge is 0.497 e. The number of esters is 1. The van der Waals surface area contributed by atoms with Gasteiger partial charge in [0.25, 0.3) is 0 Å². The Labute approximate surface area is 160 Å². The van der Waals surface area contributed by atoms with Crippen LogP contribution >= 0.6 is 0 Å². The molecule has 1 spiro atoms. The van der Waals surface area contributed by atoms with Crippen LogP contribution in [0.1, 0.15) is 44.4 Å². The second-order valence-electron chi connectivity index (χ2n) is 8.51. The van der Waals surface area contributed by atoms with Gasteiger partial charge in [-0.2, -0.15) is 0 Å². The van der Waals surface area contributed by atoms with Crippen molar-refractivity contribution in [1.82, 2.24) is 9.88 Å². The number of methoxy groups -OCH3 is 1. The summed E-state index contributed by atoms with van der Waals surface area (Å²) >= 11 is 0. The summed E-state index contributed by atoms with van der Waals surface area (Å²) < 4.78 is 11.5. The normalized spacial score (nSPS) is 32.2. The molecular formula is C22H28N2O3. The number of fused-ring (bicyclic) bond motifs is 4. The Morgan fingerprint density at radius 1 is 1.41 bits per heavy atom. The first-order valence-electron chi connectivity index (χ1n) is 10.2. The Balaban J connectivity index is 1.72. The number of rotatable bonds is 3. The summed E-state index contributed by atoms with van der Waals surface area (Å²) in [7, 11) is 1.71. The molecule has 5 heteroatoms. The summed E-state index contributed by atoms with van der Waals surface area (Å²) in [5.41, 5.74) is 3.62. The van der Waals surface area contributed by atoms with Gasteiger partial charge in [0.05, 0.1) is 12.6 Å². The number of nitrogens with one attached hydrogen (secondary N) is 1. The van der Waals surface area contributed by atoms with Crippen molar-refractivity contribution in [3.05, 3.63) is 29.5 Å². The third-order valence-electron chi connectivity index (χ3n) is 7.17. The van der Waals surface area contributed by atoms with Crippen LogP contribution in [0.5, 0.6) is 5.75 Å². The molecule has 4 atom stereocenters. The highest BCUT2D eigenvalue weighted by molar-refractivity contribution is 5.87. The molecule has 0 unspecified atom stereocenters. The van der Waals surface area contributed by atoms with E-state index >= 15 is 0 Å². The molecule has 27 heavy (non-hydrogen) atoms. The maximum absolute atomic E-state index is 12.0. The predicted molar refractivity (Wildman–Crippen MR) is 104 cm³/mol. The zero-order valence-electron chi connectivity index (χ0n) is 16.4. The second-order valence-corrected chi connectivity index (χ2v) is 8.51. The zero-order valence-corrected chi connectivity index (χ0v) is 16.4. The molecule has 1 aromatic heterocycles. The number of benzene rings is 1.